The topological polar surface area (TPSA) is 127 Å². The molecule has 0 spiro atoms. The maximum atomic E-state index is 13.6. The maximum Gasteiger partial charge on any atom is 0.339 e. The number of hydrogen-bond donors (Lipinski definition) is 1. The number of urea groups is 1. The molecule has 0 radical (unpaired) electrons. The molecule has 0 bridgehead atoms. The van der Waals surface area contributed by atoms with E-state index in [0.717, 1.165) is 24.3 Å². The SMILES string of the molecule is O=C1NC(=O)C(c2ccccc2)(c2ccccc2)N1S(=O)(=O)c1ccc([N+](=O)[O-])cc1. The molecule has 31 heavy (non-hydrogen) atoms. The average Bonchev–Trinajstić information content (AvgIpc) is 3.06. The number of non-ortho nitro benzene ring substituents is 1. The van der Waals surface area contributed by atoms with Gasteiger partial charge in [0, 0.05) is 12.1 Å². The number of nitro benzene ring substituents is 1. The quantitative estimate of drug-likeness (QED) is 0.372. The third-order valence-electron chi connectivity index (χ3n) is 5.01. The number of nitrogens with zero attached hydrogens (tertiary/aromatic N) is 2. The molecule has 9 nitrogen and oxygen atoms in total. The highest BCUT2D eigenvalue weighted by atomic mass is 32.2. The van der Waals surface area contributed by atoms with Crippen LogP contribution in [-0.2, 0) is 20.4 Å². The first-order chi connectivity index (χ1) is 14.8. The lowest BCUT2D eigenvalue weighted by atomic mass is 9.83. The molecule has 3 aromatic carbocycles. The van der Waals surface area contributed by atoms with Crippen LogP contribution < -0.4 is 5.32 Å². The largest absolute Gasteiger partial charge is 0.339 e. The van der Waals surface area contributed by atoms with Crippen LogP contribution in [0.2, 0.25) is 0 Å². The third-order valence-corrected chi connectivity index (χ3v) is 6.80. The van der Waals surface area contributed by atoms with Gasteiger partial charge in [0.15, 0.2) is 5.54 Å². The van der Waals surface area contributed by atoms with E-state index in [1.165, 1.54) is 0 Å². The van der Waals surface area contributed by atoms with Gasteiger partial charge in [-0.15, -0.1) is 0 Å². The summed E-state index contributed by atoms with van der Waals surface area (Å²) in [5.74, 6) is -0.819. The first-order valence-corrected chi connectivity index (χ1v) is 10.5. The second-order valence-electron chi connectivity index (χ2n) is 6.72. The van der Waals surface area contributed by atoms with Crippen LogP contribution in [-0.4, -0.2) is 29.6 Å². The summed E-state index contributed by atoms with van der Waals surface area (Å²) in [6.07, 6.45) is 0. The molecule has 0 aliphatic carbocycles. The zero-order chi connectivity index (χ0) is 22.2. The minimum Gasteiger partial charge on any atom is -0.274 e. The Labute approximate surface area is 177 Å². The van der Waals surface area contributed by atoms with Crippen molar-refractivity contribution >= 4 is 27.6 Å². The molecular formula is C21H15N3O6S. The summed E-state index contributed by atoms with van der Waals surface area (Å²) < 4.78 is 27.7. The highest BCUT2D eigenvalue weighted by molar-refractivity contribution is 7.89. The number of amides is 3. The Bertz CT molecular complexity index is 1240. The molecule has 0 unspecified atom stereocenters. The Balaban J connectivity index is 1.99. The van der Waals surface area contributed by atoms with E-state index >= 15 is 0 Å². The normalized spacial score (nSPS) is 15.5. The molecule has 156 valence electrons. The predicted molar refractivity (Wildman–Crippen MR) is 109 cm³/mol. The van der Waals surface area contributed by atoms with Gasteiger partial charge >= 0.3 is 6.03 Å². The fourth-order valence-electron chi connectivity index (χ4n) is 3.64. The Morgan fingerprint density at radius 2 is 1.29 bits per heavy atom. The predicted octanol–water partition coefficient (Wildman–Crippen LogP) is 2.78. The zero-order valence-electron chi connectivity index (χ0n) is 15.8. The van der Waals surface area contributed by atoms with Gasteiger partial charge in [0.05, 0.1) is 9.82 Å². The van der Waals surface area contributed by atoms with Crippen LogP contribution in [0, 0.1) is 10.1 Å². The molecule has 0 aromatic heterocycles. The number of hydrogen-bond acceptors (Lipinski definition) is 6. The van der Waals surface area contributed by atoms with Crippen LogP contribution in [0.15, 0.2) is 89.8 Å². The molecule has 1 fully saturated rings. The van der Waals surface area contributed by atoms with E-state index in [4.69, 9.17) is 0 Å². The van der Waals surface area contributed by atoms with Gasteiger partial charge < -0.3 is 0 Å². The van der Waals surface area contributed by atoms with E-state index < -0.39 is 32.4 Å². The lowest BCUT2D eigenvalue weighted by Gasteiger charge is -2.35. The number of carbonyl (C=O) groups excluding carboxylic acids is 2. The van der Waals surface area contributed by atoms with Gasteiger partial charge in [-0.3, -0.25) is 20.2 Å². The number of rotatable bonds is 5. The van der Waals surface area contributed by atoms with E-state index in [1.807, 2.05) is 0 Å². The Hall–Kier alpha value is -4.05. The van der Waals surface area contributed by atoms with E-state index in [2.05, 4.69) is 5.32 Å². The van der Waals surface area contributed by atoms with E-state index in [-0.39, 0.29) is 21.7 Å². The Morgan fingerprint density at radius 3 is 1.74 bits per heavy atom. The van der Waals surface area contributed by atoms with Crippen LogP contribution in [0.25, 0.3) is 0 Å². The number of nitrogens with one attached hydrogen (secondary N) is 1. The fourth-order valence-corrected chi connectivity index (χ4v) is 5.25. The Kier molecular flexibility index (Phi) is 4.78. The summed E-state index contributed by atoms with van der Waals surface area (Å²) >= 11 is 0. The molecule has 3 aromatic rings. The second-order valence-corrected chi connectivity index (χ2v) is 8.51. The first-order valence-electron chi connectivity index (χ1n) is 9.06. The lowest BCUT2D eigenvalue weighted by Crippen LogP contribution is -2.50. The number of imide groups is 1. The molecule has 0 atom stereocenters. The van der Waals surface area contributed by atoms with E-state index in [0.29, 0.717) is 4.31 Å². The van der Waals surface area contributed by atoms with Gasteiger partial charge in [-0.1, -0.05) is 60.7 Å². The summed E-state index contributed by atoms with van der Waals surface area (Å²) in [4.78, 5) is 36.0. The number of nitro groups is 1. The van der Waals surface area contributed by atoms with Crippen LogP contribution in [0.5, 0.6) is 0 Å². The van der Waals surface area contributed by atoms with Crippen molar-refractivity contribution in [3.8, 4) is 0 Å². The van der Waals surface area contributed by atoms with Crippen LogP contribution >= 0.6 is 0 Å². The number of benzene rings is 3. The molecule has 0 saturated carbocycles. The highest BCUT2D eigenvalue weighted by Gasteiger charge is 2.60. The van der Waals surface area contributed by atoms with Crippen molar-refractivity contribution in [1.82, 2.24) is 9.62 Å². The number of carbonyl (C=O) groups is 2. The second kappa shape index (κ2) is 7.33. The van der Waals surface area contributed by atoms with Crippen molar-refractivity contribution in [2.24, 2.45) is 0 Å². The van der Waals surface area contributed by atoms with Crippen molar-refractivity contribution in [1.29, 1.82) is 0 Å². The summed E-state index contributed by atoms with van der Waals surface area (Å²) in [7, 11) is -4.59. The van der Waals surface area contributed by atoms with Gasteiger partial charge in [-0.25, -0.2) is 13.2 Å². The lowest BCUT2D eigenvalue weighted by molar-refractivity contribution is -0.384. The summed E-state index contributed by atoms with van der Waals surface area (Å²) in [5.41, 5.74) is -1.75. The minimum atomic E-state index is -4.59. The first kappa shape index (κ1) is 20.2. The molecular weight excluding hydrogens is 422 g/mol. The summed E-state index contributed by atoms with van der Waals surface area (Å²) in [6.45, 7) is 0. The van der Waals surface area contributed by atoms with Gasteiger partial charge in [0.25, 0.3) is 21.6 Å². The zero-order valence-corrected chi connectivity index (χ0v) is 16.7. The molecule has 1 N–H and O–H groups in total. The standard InChI is InChI=1S/C21H15N3O6S/c25-19-21(15-7-3-1-4-8-15,16-9-5-2-6-10-16)23(20(26)22-19)31(29,30)18-13-11-17(12-14-18)24(27)28/h1-14H,(H,22,25,26). The van der Waals surface area contributed by atoms with Gasteiger partial charge in [-0.05, 0) is 23.3 Å². The van der Waals surface area contributed by atoms with Crippen molar-refractivity contribution in [2.75, 3.05) is 0 Å². The van der Waals surface area contributed by atoms with Crippen molar-refractivity contribution in [3.05, 3.63) is 106 Å². The van der Waals surface area contributed by atoms with Gasteiger partial charge in [-0.2, -0.15) is 4.31 Å². The monoisotopic (exact) mass is 437 g/mol. The Morgan fingerprint density at radius 1 is 0.806 bits per heavy atom. The summed E-state index contributed by atoms with van der Waals surface area (Å²) in [6, 6.07) is 19.2. The fraction of sp³-hybridized carbons (Fsp3) is 0.0476. The molecule has 3 amide bonds. The van der Waals surface area contributed by atoms with E-state index in [9.17, 15) is 28.1 Å². The van der Waals surface area contributed by atoms with Gasteiger partial charge in [0.1, 0.15) is 0 Å². The molecule has 4 rings (SSSR count). The molecule has 1 aliphatic heterocycles. The molecule has 1 heterocycles. The summed E-state index contributed by atoms with van der Waals surface area (Å²) in [5, 5.41) is 13.0. The number of sulfonamides is 1. The van der Waals surface area contributed by atoms with Crippen LogP contribution in [0.1, 0.15) is 11.1 Å². The van der Waals surface area contributed by atoms with E-state index in [1.54, 1.807) is 60.7 Å². The highest BCUT2D eigenvalue weighted by Crippen LogP contribution is 2.43. The van der Waals surface area contributed by atoms with Crippen LogP contribution in [0.4, 0.5) is 10.5 Å². The molecule has 10 heteroatoms. The van der Waals surface area contributed by atoms with Crippen molar-refractivity contribution in [3.63, 3.8) is 0 Å². The van der Waals surface area contributed by atoms with Gasteiger partial charge in [0.2, 0.25) is 0 Å². The average molecular weight is 437 g/mol. The smallest absolute Gasteiger partial charge is 0.274 e. The maximum absolute atomic E-state index is 13.6. The van der Waals surface area contributed by atoms with Crippen molar-refractivity contribution in [2.45, 2.75) is 10.4 Å². The minimum absolute atomic E-state index is 0.273. The molecule has 1 aliphatic rings. The molecule has 1 saturated heterocycles. The van der Waals surface area contributed by atoms with Crippen LogP contribution in [0.3, 0.4) is 0 Å². The van der Waals surface area contributed by atoms with Crippen molar-refractivity contribution < 1.29 is 22.9 Å². The third kappa shape index (κ3) is 3.04.